The quantitative estimate of drug-likeness (QED) is 0.624. The third kappa shape index (κ3) is 4.53. The molecular formula is C16H23N5O2. The summed E-state index contributed by atoms with van der Waals surface area (Å²) in [4.78, 5) is 31.0. The molecule has 0 aliphatic rings. The highest BCUT2D eigenvalue weighted by Crippen LogP contribution is 2.12. The Labute approximate surface area is 135 Å². The smallest absolute Gasteiger partial charge is 0.239 e. The molecule has 0 saturated carbocycles. The second kappa shape index (κ2) is 7.23. The molecule has 0 saturated heterocycles. The first-order valence-corrected chi connectivity index (χ1v) is 7.62. The lowest BCUT2D eigenvalue weighted by atomic mass is 10.1. The average Bonchev–Trinajstić information content (AvgIpc) is 2.91. The number of aromatic amines is 1. The normalized spacial score (nSPS) is 12.4. The van der Waals surface area contributed by atoms with Crippen LogP contribution in [-0.4, -0.2) is 34.4 Å². The maximum absolute atomic E-state index is 11.8. The lowest BCUT2D eigenvalue weighted by Crippen LogP contribution is -2.47. The van der Waals surface area contributed by atoms with Crippen molar-refractivity contribution in [3.63, 3.8) is 0 Å². The molecule has 1 atom stereocenters. The van der Waals surface area contributed by atoms with E-state index >= 15 is 0 Å². The summed E-state index contributed by atoms with van der Waals surface area (Å²) in [6, 6.07) is 5.31. The summed E-state index contributed by atoms with van der Waals surface area (Å²) < 4.78 is 0. The molecule has 1 heterocycles. The Morgan fingerprint density at radius 1 is 1.30 bits per heavy atom. The van der Waals surface area contributed by atoms with Gasteiger partial charge in [-0.05, 0) is 30.5 Å². The highest BCUT2D eigenvalue weighted by atomic mass is 16.2. The van der Waals surface area contributed by atoms with Crippen LogP contribution in [0.5, 0.6) is 0 Å². The van der Waals surface area contributed by atoms with E-state index in [0.717, 1.165) is 16.6 Å². The van der Waals surface area contributed by atoms with Crippen LogP contribution in [0, 0.1) is 12.8 Å². The summed E-state index contributed by atoms with van der Waals surface area (Å²) in [6.07, 6.45) is 0. The van der Waals surface area contributed by atoms with Gasteiger partial charge < -0.3 is 21.4 Å². The van der Waals surface area contributed by atoms with E-state index in [9.17, 15) is 9.59 Å². The molecule has 0 unspecified atom stereocenters. The highest BCUT2D eigenvalue weighted by Gasteiger charge is 2.17. The van der Waals surface area contributed by atoms with E-state index < -0.39 is 6.04 Å². The molecule has 0 radical (unpaired) electrons. The maximum Gasteiger partial charge on any atom is 0.239 e. The lowest BCUT2D eigenvalue weighted by molar-refractivity contribution is -0.127. The fourth-order valence-corrected chi connectivity index (χ4v) is 2.09. The number of aryl methyl sites for hydroxylation is 1. The molecule has 124 valence electrons. The van der Waals surface area contributed by atoms with E-state index in [2.05, 4.69) is 20.6 Å². The standard InChI is InChI=1S/C16H23N5O2/c1-9(2)15(17)16(23)19-8-14(22)18-7-13-20-11-5-4-10(3)6-12(11)21-13/h4-6,9,15H,7-8,17H2,1-3H3,(H,18,22)(H,19,23)(H,20,21)/t15-/m0/s1. The lowest BCUT2D eigenvalue weighted by Gasteiger charge is -2.14. The first kappa shape index (κ1) is 17.0. The fraction of sp³-hybridized carbons (Fsp3) is 0.438. The summed E-state index contributed by atoms with van der Waals surface area (Å²) in [5.74, 6) is 0.0847. The van der Waals surface area contributed by atoms with E-state index in [4.69, 9.17) is 5.73 Å². The number of hydrogen-bond acceptors (Lipinski definition) is 4. The Bertz CT molecular complexity index is 708. The van der Waals surface area contributed by atoms with Crippen molar-refractivity contribution in [2.24, 2.45) is 11.7 Å². The molecule has 2 rings (SSSR count). The zero-order valence-corrected chi connectivity index (χ0v) is 13.6. The molecule has 0 bridgehead atoms. The van der Waals surface area contributed by atoms with Gasteiger partial charge >= 0.3 is 0 Å². The Kier molecular flexibility index (Phi) is 5.33. The second-order valence-electron chi connectivity index (χ2n) is 5.97. The molecule has 2 amide bonds. The van der Waals surface area contributed by atoms with Crippen LogP contribution < -0.4 is 16.4 Å². The molecule has 1 aromatic heterocycles. The largest absolute Gasteiger partial charge is 0.347 e. The minimum absolute atomic E-state index is 0.0251. The molecule has 0 fully saturated rings. The Hall–Kier alpha value is -2.41. The average molecular weight is 317 g/mol. The molecule has 0 aliphatic carbocycles. The van der Waals surface area contributed by atoms with Gasteiger partial charge in [0.1, 0.15) is 5.82 Å². The monoisotopic (exact) mass is 317 g/mol. The van der Waals surface area contributed by atoms with E-state index in [1.165, 1.54) is 0 Å². The van der Waals surface area contributed by atoms with E-state index in [0.29, 0.717) is 5.82 Å². The van der Waals surface area contributed by atoms with Gasteiger partial charge in [-0.1, -0.05) is 19.9 Å². The summed E-state index contributed by atoms with van der Waals surface area (Å²) in [6.45, 7) is 5.89. The number of nitrogens with zero attached hydrogens (tertiary/aromatic N) is 1. The first-order chi connectivity index (χ1) is 10.9. The van der Waals surface area contributed by atoms with E-state index in [1.807, 2.05) is 39.0 Å². The Balaban J connectivity index is 1.82. The summed E-state index contributed by atoms with van der Waals surface area (Å²) in [7, 11) is 0. The van der Waals surface area contributed by atoms with Gasteiger partial charge in [0, 0.05) is 0 Å². The zero-order chi connectivity index (χ0) is 17.0. The van der Waals surface area contributed by atoms with Crippen molar-refractivity contribution in [3.05, 3.63) is 29.6 Å². The van der Waals surface area contributed by atoms with Gasteiger partial charge in [0.05, 0.1) is 30.2 Å². The number of hydrogen-bond donors (Lipinski definition) is 4. The summed E-state index contributed by atoms with van der Waals surface area (Å²) >= 11 is 0. The Morgan fingerprint density at radius 2 is 2.04 bits per heavy atom. The van der Waals surface area contributed by atoms with Crippen LogP contribution in [-0.2, 0) is 16.1 Å². The number of fused-ring (bicyclic) bond motifs is 1. The molecule has 23 heavy (non-hydrogen) atoms. The van der Waals surface area contributed by atoms with Crippen molar-refractivity contribution in [1.29, 1.82) is 0 Å². The predicted octanol–water partition coefficient (Wildman–Crippen LogP) is 0.587. The van der Waals surface area contributed by atoms with Crippen molar-refractivity contribution >= 4 is 22.8 Å². The second-order valence-corrected chi connectivity index (χ2v) is 5.97. The number of carbonyl (C=O) groups is 2. The van der Waals surface area contributed by atoms with Crippen LogP contribution >= 0.6 is 0 Å². The number of rotatable bonds is 6. The van der Waals surface area contributed by atoms with Crippen molar-refractivity contribution in [1.82, 2.24) is 20.6 Å². The number of amides is 2. The highest BCUT2D eigenvalue weighted by molar-refractivity contribution is 5.87. The number of nitrogens with two attached hydrogens (primary N) is 1. The van der Waals surface area contributed by atoms with Crippen molar-refractivity contribution in [3.8, 4) is 0 Å². The molecular weight excluding hydrogens is 294 g/mol. The molecule has 5 N–H and O–H groups in total. The van der Waals surface area contributed by atoms with Crippen molar-refractivity contribution in [2.45, 2.75) is 33.4 Å². The third-order valence-electron chi connectivity index (χ3n) is 3.58. The van der Waals surface area contributed by atoms with Crippen LogP contribution in [0.1, 0.15) is 25.2 Å². The summed E-state index contributed by atoms with van der Waals surface area (Å²) in [5.41, 5.74) is 8.64. The van der Waals surface area contributed by atoms with Gasteiger partial charge in [0.2, 0.25) is 11.8 Å². The predicted molar refractivity (Wildman–Crippen MR) is 88.5 cm³/mol. The van der Waals surface area contributed by atoms with Gasteiger partial charge in [0.15, 0.2) is 0 Å². The number of aromatic nitrogens is 2. The SMILES string of the molecule is Cc1ccc2nc(CNC(=O)CNC(=O)[C@@H](N)C(C)C)[nH]c2c1. The minimum Gasteiger partial charge on any atom is -0.347 e. The number of imidazole rings is 1. The number of H-pyrrole nitrogens is 1. The number of benzene rings is 1. The van der Waals surface area contributed by atoms with E-state index in [1.54, 1.807) is 0 Å². The van der Waals surface area contributed by atoms with Crippen LogP contribution in [0.15, 0.2) is 18.2 Å². The van der Waals surface area contributed by atoms with Gasteiger partial charge in [-0.2, -0.15) is 0 Å². The van der Waals surface area contributed by atoms with Gasteiger partial charge in [0.25, 0.3) is 0 Å². The number of nitrogens with one attached hydrogen (secondary N) is 3. The van der Waals surface area contributed by atoms with Crippen LogP contribution in [0.3, 0.4) is 0 Å². The molecule has 1 aromatic carbocycles. The van der Waals surface area contributed by atoms with Crippen molar-refractivity contribution in [2.75, 3.05) is 6.54 Å². The minimum atomic E-state index is -0.610. The van der Waals surface area contributed by atoms with Gasteiger partial charge in [-0.15, -0.1) is 0 Å². The molecule has 0 aliphatic heterocycles. The van der Waals surface area contributed by atoms with Crippen LogP contribution in [0.2, 0.25) is 0 Å². The van der Waals surface area contributed by atoms with Crippen LogP contribution in [0.25, 0.3) is 11.0 Å². The summed E-state index contributed by atoms with van der Waals surface area (Å²) in [5, 5.41) is 5.24. The maximum atomic E-state index is 11.8. The molecule has 2 aromatic rings. The molecule has 7 nitrogen and oxygen atoms in total. The number of carbonyl (C=O) groups excluding carboxylic acids is 2. The van der Waals surface area contributed by atoms with Gasteiger partial charge in [-0.25, -0.2) is 4.98 Å². The first-order valence-electron chi connectivity index (χ1n) is 7.62. The van der Waals surface area contributed by atoms with E-state index in [-0.39, 0.29) is 30.8 Å². The van der Waals surface area contributed by atoms with Crippen LogP contribution in [0.4, 0.5) is 0 Å². The fourth-order valence-electron chi connectivity index (χ4n) is 2.09. The Morgan fingerprint density at radius 3 is 2.74 bits per heavy atom. The molecule has 0 spiro atoms. The topological polar surface area (TPSA) is 113 Å². The van der Waals surface area contributed by atoms with Gasteiger partial charge in [-0.3, -0.25) is 9.59 Å². The zero-order valence-electron chi connectivity index (χ0n) is 13.6. The van der Waals surface area contributed by atoms with Crippen molar-refractivity contribution < 1.29 is 9.59 Å². The third-order valence-corrected chi connectivity index (χ3v) is 3.58. The molecule has 7 heteroatoms.